The zero-order valence-electron chi connectivity index (χ0n) is 19.6. The highest BCUT2D eigenvalue weighted by Crippen LogP contribution is 2.29. The number of benzene rings is 3. The van der Waals surface area contributed by atoms with Gasteiger partial charge in [0, 0.05) is 25.6 Å². The Bertz CT molecular complexity index is 1390. The largest absolute Gasteiger partial charge is 0.493 e. The van der Waals surface area contributed by atoms with Gasteiger partial charge < -0.3 is 9.47 Å². The van der Waals surface area contributed by atoms with Gasteiger partial charge in [0.15, 0.2) is 0 Å². The van der Waals surface area contributed by atoms with Crippen LogP contribution in [0, 0.1) is 0 Å². The molecule has 1 saturated heterocycles. The zero-order chi connectivity index (χ0) is 26.5. The molecule has 0 unspecified atom stereocenters. The number of nitrogens with one attached hydrogen (secondary N) is 1. The fourth-order valence-corrected chi connectivity index (χ4v) is 4.36. The van der Waals surface area contributed by atoms with E-state index in [0.717, 1.165) is 21.4 Å². The molecule has 0 bridgehead atoms. The van der Waals surface area contributed by atoms with Gasteiger partial charge in [-0.15, -0.1) is 0 Å². The number of ether oxygens (including phenoxy) is 2. The van der Waals surface area contributed by atoms with Crippen LogP contribution < -0.4 is 19.7 Å². The summed E-state index contributed by atoms with van der Waals surface area (Å²) in [6.45, 7) is 2.65. The number of anilines is 1. The van der Waals surface area contributed by atoms with Gasteiger partial charge in [-0.25, -0.2) is 9.69 Å². The van der Waals surface area contributed by atoms with Gasteiger partial charge in [0.2, 0.25) is 0 Å². The fourth-order valence-electron chi connectivity index (χ4n) is 3.51. The van der Waals surface area contributed by atoms with Crippen molar-refractivity contribution < 1.29 is 23.9 Å². The molecular weight excluding hydrogens is 583 g/mol. The lowest BCUT2D eigenvalue weighted by Crippen LogP contribution is -2.54. The lowest BCUT2D eigenvalue weighted by Gasteiger charge is -2.26. The number of carbonyl (C=O) groups excluding carboxylic acids is 3. The van der Waals surface area contributed by atoms with E-state index in [1.165, 1.54) is 6.08 Å². The van der Waals surface area contributed by atoms with Gasteiger partial charge in [-0.05, 0) is 67.1 Å². The van der Waals surface area contributed by atoms with E-state index in [0.29, 0.717) is 33.7 Å². The maximum atomic E-state index is 13.3. The van der Waals surface area contributed by atoms with E-state index in [1.807, 2.05) is 6.92 Å². The Morgan fingerprint density at radius 2 is 1.73 bits per heavy atom. The van der Waals surface area contributed by atoms with Crippen LogP contribution in [0.1, 0.15) is 24.5 Å². The van der Waals surface area contributed by atoms with Gasteiger partial charge in [-0.3, -0.25) is 14.9 Å². The minimum absolute atomic E-state index is 0.197. The highest BCUT2D eigenvalue weighted by molar-refractivity contribution is 9.10. The summed E-state index contributed by atoms with van der Waals surface area (Å²) in [4.78, 5) is 39.4. The lowest BCUT2D eigenvalue weighted by molar-refractivity contribution is -0.122. The predicted molar refractivity (Wildman–Crippen MR) is 146 cm³/mol. The minimum Gasteiger partial charge on any atom is -0.493 e. The minimum atomic E-state index is -0.842. The number of rotatable bonds is 8. The van der Waals surface area contributed by atoms with Crippen LogP contribution in [0.5, 0.6) is 11.5 Å². The molecule has 1 N–H and O–H groups in total. The van der Waals surface area contributed by atoms with Crippen molar-refractivity contribution in [2.75, 3.05) is 11.5 Å². The SMILES string of the molecule is CCCOc1ccc(Br)cc1/C=C1\C(=O)NC(=O)N(c2ccc(OCc3ccc(Cl)cc3Cl)cc2)C1=O. The molecule has 3 aromatic rings. The van der Waals surface area contributed by atoms with Gasteiger partial charge in [-0.1, -0.05) is 52.1 Å². The molecule has 1 fully saturated rings. The van der Waals surface area contributed by atoms with Gasteiger partial charge in [0.05, 0.1) is 12.3 Å². The predicted octanol–water partition coefficient (Wildman–Crippen LogP) is 6.79. The first-order valence-electron chi connectivity index (χ1n) is 11.3. The summed E-state index contributed by atoms with van der Waals surface area (Å²) < 4.78 is 12.3. The molecule has 0 aromatic heterocycles. The van der Waals surface area contributed by atoms with E-state index in [-0.39, 0.29) is 17.9 Å². The summed E-state index contributed by atoms with van der Waals surface area (Å²) in [5.41, 5.74) is 1.36. The van der Waals surface area contributed by atoms with Crippen molar-refractivity contribution in [2.45, 2.75) is 20.0 Å². The fraction of sp³-hybridized carbons (Fsp3) is 0.148. The molecule has 1 aliphatic rings. The molecule has 0 spiro atoms. The molecule has 4 amide bonds. The highest BCUT2D eigenvalue weighted by atomic mass is 79.9. The maximum Gasteiger partial charge on any atom is 0.335 e. The van der Waals surface area contributed by atoms with Crippen molar-refractivity contribution in [1.29, 1.82) is 0 Å². The van der Waals surface area contributed by atoms with Crippen molar-refractivity contribution in [2.24, 2.45) is 0 Å². The Morgan fingerprint density at radius 3 is 2.43 bits per heavy atom. The Kier molecular flexibility index (Phi) is 8.53. The van der Waals surface area contributed by atoms with E-state index >= 15 is 0 Å². The van der Waals surface area contributed by atoms with Crippen molar-refractivity contribution in [3.8, 4) is 11.5 Å². The zero-order valence-corrected chi connectivity index (χ0v) is 22.7. The second-order valence-electron chi connectivity index (χ2n) is 8.01. The van der Waals surface area contributed by atoms with E-state index in [9.17, 15) is 14.4 Å². The molecule has 0 aliphatic carbocycles. The molecule has 0 radical (unpaired) electrons. The van der Waals surface area contributed by atoms with Crippen LogP contribution in [-0.4, -0.2) is 24.5 Å². The normalized spacial score (nSPS) is 14.6. The van der Waals surface area contributed by atoms with Crippen LogP contribution in [0.2, 0.25) is 10.0 Å². The smallest absolute Gasteiger partial charge is 0.335 e. The summed E-state index contributed by atoms with van der Waals surface area (Å²) >= 11 is 15.5. The molecule has 0 atom stereocenters. The van der Waals surface area contributed by atoms with Crippen LogP contribution in [0.25, 0.3) is 6.08 Å². The molecule has 0 saturated carbocycles. The second kappa shape index (κ2) is 11.8. The molecule has 1 aliphatic heterocycles. The third kappa shape index (κ3) is 6.33. The number of barbiturate groups is 1. The first-order valence-corrected chi connectivity index (χ1v) is 12.8. The van der Waals surface area contributed by atoms with Gasteiger partial charge in [0.1, 0.15) is 23.7 Å². The number of nitrogens with zero attached hydrogens (tertiary/aromatic N) is 1. The third-order valence-corrected chi connectivity index (χ3v) is 6.42. The number of halogens is 3. The molecule has 3 aromatic carbocycles. The summed E-state index contributed by atoms with van der Waals surface area (Å²) in [6, 6.07) is 15.9. The quantitative estimate of drug-likeness (QED) is 0.226. The van der Waals surface area contributed by atoms with Crippen LogP contribution in [-0.2, 0) is 16.2 Å². The average molecular weight is 604 g/mol. The third-order valence-electron chi connectivity index (χ3n) is 5.34. The Labute approximate surface area is 232 Å². The number of carbonyl (C=O) groups is 3. The number of hydrogen-bond acceptors (Lipinski definition) is 5. The molecule has 10 heteroatoms. The Balaban J connectivity index is 1.56. The summed E-state index contributed by atoms with van der Waals surface area (Å²) in [5, 5.41) is 3.24. The Morgan fingerprint density at radius 1 is 0.973 bits per heavy atom. The number of hydrogen-bond donors (Lipinski definition) is 1. The number of imide groups is 2. The van der Waals surface area contributed by atoms with Crippen molar-refractivity contribution in [3.63, 3.8) is 0 Å². The van der Waals surface area contributed by atoms with Crippen molar-refractivity contribution >= 4 is 68.7 Å². The first kappa shape index (κ1) is 26.7. The monoisotopic (exact) mass is 602 g/mol. The molecular formula is C27H21BrCl2N2O5. The van der Waals surface area contributed by atoms with E-state index in [4.69, 9.17) is 32.7 Å². The number of amides is 4. The maximum absolute atomic E-state index is 13.3. The van der Waals surface area contributed by atoms with Gasteiger partial charge >= 0.3 is 6.03 Å². The lowest BCUT2D eigenvalue weighted by atomic mass is 10.1. The summed E-state index contributed by atoms with van der Waals surface area (Å²) in [5.74, 6) is -0.522. The van der Waals surface area contributed by atoms with Crippen LogP contribution in [0.4, 0.5) is 10.5 Å². The first-order chi connectivity index (χ1) is 17.8. The topological polar surface area (TPSA) is 84.9 Å². The summed E-state index contributed by atoms with van der Waals surface area (Å²) in [6.07, 6.45) is 2.21. The van der Waals surface area contributed by atoms with E-state index < -0.39 is 17.8 Å². The summed E-state index contributed by atoms with van der Waals surface area (Å²) in [7, 11) is 0. The van der Waals surface area contributed by atoms with Crippen LogP contribution in [0.15, 0.2) is 70.7 Å². The highest BCUT2D eigenvalue weighted by Gasteiger charge is 2.37. The van der Waals surface area contributed by atoms with Gasteiger partial charge in [0.25, 0.3) is 11.8 Å². The number of urea groups is 1. The van der Waals surface area contributed by atoms with E-state index in [2.05, 4.69) is 21.2 Å². The molecule has 4 rings (SSSR count). The van der Waals surface area contributed by atoms with E-state index in [1.54, 1.807) is 60.7 Å². The van der Waals surface area contributed by atoms with Gasteiger partial charge in [-0.2, -0.15) is 0 Å². The van der Waals surface area contributed by atoms with Crippen molar-refractivity contribution in [3.05, 3.63) is 91.9 Å². The molecule has 190 valence electrons. The van der Waals surface area contributed by atoms with Crippen LogP contribution in [0.3, 0.4) is 0 Å². The molecule has 7 nitrogen and oxygen atoms in total. The average Bonchev–Trinajstić information content (AvgIpc) is 2.86. The second-order valence-corrected chi connectivity index (χ2v) is 9.77. The molecule has 1 heterocycles. The van der Waals surface area contributed by atoms with Crippen LogP contribution >= 0.6 is 39.1 Å². The Hall–Kier alpha value is -3.33. The standard InChI is InChI=1S/C27H21BrCl2N2O5/c1-2-11-36-24-10-4-18(28)12-17(24)13-22-25(33)31-27(35)32(26(22)34)20-6-8-21(9-7-20)37-15-16-3-5-19(29)14-23(16)30/h3-10,12-14H,2,11,15H2,1H3,(H,31,33,35)/b22-13+. The molecule has 37 heavy (non-hydrogen) atoms. The van der Waals surface area contributed by atoms with Crippen molar-refractivity contribution in [1.82, 2.24) is 5.32 Å².